The number of hydrogen-bond donors (Lipinski definition) is 2. The maximum absolute atomic E-state index is 13.5. The minimum absolute atomic E-state index is 0.0832. The summed E-state index contributed by atoms with van der Waals surface area (Å²) in [7, 11) is 0. The van der Waals surface area contributed by atoms with Crippen molar-refractivity contribution in [2.75, 3.05) is 11.6 Å². The second-order valence-corrected chi connectivity index (χ2v) is 8.87. The predicted octanol–water partition coefficient (Wildman–Crippen LogP) is 2.56. The Balaban J connectivity index is 1.85. The second-order valence-electron chi connectivity index (χ2n) is 8.87. The monoisotopic (exact) mass is 445 g/mol. The van der Waals surface area contributed by atoms with Crippen molar-refractivity contribution in [3.8, 4) is 5.75 Å². The number of aryl methyl sites for hydroxylation is 2. The second kappa shape index (κ2) is 8.08. The van der Waals surface area contributed by atoms with Crippen LogP contribution in [0.15, 0.2) is 65.6 Å². The van der Waals surface area contributed by atoms with E-state index in [2.05, 4.69) is 24.3 Å². The van der Waals surface area contributed by atoms with E-state index in [1.54, 1.807) is 9.58 Å². The molecule has 2 N–H and O–H groups in total. The Morgan fingerprint density at radius 3 is 2.06 bits per heavy atom. The van der Waals surface area contributed by atoms with E-state index < -0.39 is 23.3 Å². The first-order valence-corrected chi connectivity index (χ1v) is 11.3. The molecule has 3 aromatic rings. The number of pyridine rings is 1. The maximum Gasteiger partial charge on any atom is 0.278 e. The van der Waals surface area contributed by atoms with E-state index in [0.29, 0.717) is 0 Å². The lowest BCUT2D eigenvalue weighted by molar-refractivity contribution is 0.0327. The van der Waals surface area contributed by atoms with Gasteiger partial charge in [0.05, 0.1) is 12.6 Å². The summed E-state index contributed by atoms with van der Waals surface area (Å²) < 4.78 is 1.56. The van der Waals surface area contributed by atoms with Crippen molar-refractivity contribution in [1.29, 1.82) is 0 Å². The zero-order chi connectivity index (χ0) is 23.3. The average molecular weight is 446 g/mol. The number of amides is 1. The highest BCUT2D eigenvalue weighted by molar-refractivity contribution is 5.96. The zero-order valence-corrected chi connectivity index (χ0v) is 18.7. The molecule has 1 aliphatic carbocycles. The van der Waals surface area contributed by atoms with Crippen LogP contribution in [-0.2, 0) is 12.8 Å². The first-order chi connectivity index (χ1) is 15.9. The Morgan fingerprint density at radius 2 is 1.52 bits per heavy atom. The van der Waals surface area contributed by atoms with Gasteiger partial charge >= 0.3 is 0 Å². The number of rotatable bonds is 3. The van der Waals surface area contributed by atoms with Crippen molar-refractivity contribution in [1.82, 2.24) is 9.58 Å². The van der Waals surface area contributed by atoms with Gasteiger partial charge in [0, 0.05) is 18.3 Å². The van der Waals surface area contributed by atoms with Crippen LogP contribution in [-0.4, -0.2) is 44.5 Å². The van der Waals surface area contributed by atoms with Crippen LogP contribution in [0, 0.1) is 0 Å². The lowest BCUT2D eigenvalue weighted by atomic mass is 9.93. The van der Waals surface area contributed by atoms with Crippen LogP contribution in [0.2, 0.25) is 0 Å². The molecular weight excluding hydrogens is 418 g/mol. The normalized spacial score (nSPS) is 18.1. The maximum atomic E-state index is 13.5. The lowest BCUT2D eigenvalue weighted by Gasteiger charge is -2.50. The minimum atomic E-state index is -0.698. The van der Waals surface area contributed by atoms with E-state index in [9.17, 15) is 19.8 Å². The van der Waals surface area contributed by atoms with Crippen molar-refractivity contribution >= 4 is 5.91 Å². The molecule has 0 bridgehead atoms. The molecule has 7 heteroatoms. The van der Waals surface area contributed by atoms with E-state index in [0.717, 1.165) is 24.0 Å². The molecule has 0 saturated heterocycles. The molecule has 0 saturated carbocycles. The molecule has 1 unspecified atom stereocenters. The molecule has 7 nitrogen and oxygen atoms in total. The fraction of sp³-hybridized carbons (Fsp3) is 0.308. The number of fused-ring (bicyclic) bond motifs is 3. The number of benzene rings is 2. The van der Waals surface area contributed by atoms with Crippen LogP contribution in [0.5, 0.6) is 5.75 Å². The first-order valence-electron chi connectivity index (χ1n) is 11.3. The molecule has 0 fully saturated rings. The molecule has 0 radical (unpaired) electrons. The first kappa shape index (κ1) is 21.3. The van der Waals surface area contributed by atoms with Crippen LogP contribution >= 0.6 is 0 Å². The minimum Gasteiger partial charge on any atom is -0.502 e. The Hall–Kier alpha value is -3.58. The number of aliphatic hydroxyl groups excluding tert-OH is 1. The van der Waals surface area contributed by atoms with Crippen molar-refractivity contribution < 1.29 is 15.0 Å². The van der Waals surface area contributed by atoms with Gasteiger partial charge in [-0.2, -0.15) is 0 Å². The Morgan fingerprint density at radius 1 is 0.939 bits per heavy atom. The molecule has 2 aliphatic rings. The third kappa shape index (κ3) is 3.23. The predicted molar refractivity (Wildman–Crippen MR) is 125 cm³/mol. The summed E-state index contributed by atoms with van der Waals surface area (Å²) in [6.07, 6.45) is 2.56. The Kier molecular flexibility index (Phi) is 5.21. The quantitative estimate of drug-likeness (QED) is 0.647. The molecule has 2 heterocycles. The summed E-state index contributed by atoms with van der Waals surface area (Å²) >= 11 is 0. The number of carbonyl (C=O) groups is 1. The van der Waals surface area contributed by atoms with Crippen LogP contribution in [0.4, 0.5) is 0 Å². The smallest absolute Gasteiger partial charge is 0.278 e. The topological polar surface area (TPSA) is 86.0 Å². The molecular formula is C26H27N3O4. The molecule has 1 aromatic heterocycles. The Labute approximate surface area is 192 Å². The van der Waals surface area contributed by atoms with Gasteiger partial charge in [0.2, 0.25) is 5.43 Å². The van der Waals surface area contributed by atoms with E-state index in [4.69, 9.17) is 0 Å². The number of nitrogens with zero attached hydrogens (tertiary/aromatic N) is 3. The van der Waals surface area contributed by atoms with Gasteiger partial charge in [0.15, 0.2) is 11.4 Å². The van der Waals surface area contributed by atoms with E-state index in [1.807, 2.05) is 43.1 Å². The van der Waals surface area contributed by atoms with Gasteiger partial charge in [-0.1, -0.05) is 48.5 Å². The van der Waals surface area contributed by atoms with Gasteiger partial charge in [-0.05, 0) is 48.9 Å². The van der Waals surface area contributed by atoms with Crippen LogP contribution < -0.4 is 10.4 Å². The molecule has 1 aliphatic heterocycles. The third-order valence-electron chi connectivity index (χ3n) is 6.71. The van der Waals surface area contributed by atoms with Gasteiger partial charge < -0.3 is 15.1 Å². The molecule has 5 rings (SSSR count). The SMILES string of the molecule is CC(C)N1C(=O)c2c(O)c(=O)ccn2N(C2c3ccccc3CCc3ccccc32)C1CO. The van der Waals surface area contributed by atoms with Crippen molar-refractivity contribution in [3.05, 3.63) is 99.0 Å². The molecule has 2 aromatic carbocycles. The van der Waals surface area contributed by atoms with E-state index in [-0.39, 0.29) is 24.4 Å². The summed E-state index contributed by atoms with van der Waals surface area (Å²) in [4.78, 5) is 27.3. The lowest BCUT2D eigenvalue weighted by Crippen LogP contribution is -2.65. The van der Waals surface area contributed by atoms with E-state index >= 15 is 0 Å². The summed E-state index contributed by atoms with van der Waals surface area (Å²) in [6.45, 7) is 3.42. The summed E-state index contributed by atoms with van der Waals surface area (Å²) in [5, 5.41) is 23.2. The van der Waals surface area contributed by atoms with Crippen LogP contribution in [0.1, 0.15) is 52.6 Å². The van der Waals surface area contributed by atoms with E-state index in [1.165, 1.54) is 23.4 Å². The van der Waals surface area contributed by atoms with Crippen molar-refractivity contribution in [3.63, 3.8) is 0 Å². The summed E-state index contributed by atoms with van der Waals surface area (Å²) in [6, 6.07) is 17.1. The van der Waals surface area contributed by atoms with Gasteiger partial charge in [0.1, 0.15) is 6.17 Å². The van der Waals surface area contributed by atoms with Crippen LogP contribution in [0.25, 0.3) is 0 Å². The number of aromatic hydroxyl groups is 1. The van der Waals surface area contributed by atoms with Crippen molar-refractivity contribution in [2.24, 2.45) is 0 Å². The highest BCUT2D eigenvalue weighted by Crippen LogP contribution is 2.40. The number of hydrogen-bond acceptors (Lipinski definition) is 5. The van der Waals surface area contributed by atoms with Gasteiger partial charge in [0.25, 0.3) is 5.91 Å². The number of aliphatic hydroxyl groups is 1. The highest BCUT2D eigenvalue weighted by Gasteiger charge is 2.45. The summed E-state index contributed by atoms with van der Waals surface area (Å²) in [5.41, 5.74) is 3.83. The van der Waals surface area contributed by atoms with Crippen LogP contribution in [0.3, 0.4) is 0 Å². The zero-order valence-electron chi connectivity index (χ0n) is 18.7. The van der Waals surface area contributed by atoms with Crippen molar-refractivity contribution in [2.45, 2.75) is 44.9 Å². The third-order valence-corrected chi connectivity index (χ3v) is 6.71. The van der Waals surface area contributed by atoms with Gasteiger partial charge in [-0.15, -0.1) is 0 Å². The largest absolute Gasteiger partial charge is 0.502 e. The molecule has 1 atom stereocenters. The Bertz CT molecular complexity index is 1240. The standard InChI is InChI=1S/C26H27N3O4/c1-16(2)28-22(15-30)29(27-14-13-21(31)25(32)24(27)26(28)33)23-19-9-5-3-7-17(19)11-12-18-8-4-6-10-20(18)23/h3-10,13-14,16,22-23,30,32H,11-12,15H2,1-2H3. The molecule has 170 valence electrons. The fourth-order valence-electron chi connectivity index (χ4n) is 5.26. The number of aromatic nitrogens is 1. The molecule has 0 spiro atoms. The fourth-order valence-corrected chi connectivity index (χ4v) is 5.26. The average Bonchev–Trinajstić information content (AvgIpc) is 2.97. The van der Waals surface area contributed by atoms with Gasteiger partial charge in [-0.25, -0.2) is 0 Å². The molecule has 33 heavy (non-hydrogen) atoms. The van der Waals surface area contributed by atoms with Gasteiger partial charge in [-0.3, -0.25) is 19.3 Å². The number of carbonyl (C=O) groups excluding carboxylic acids is 1. The highest BCUT2D eigenvalue weighted by atomic mass is 16.3. The summed E-state index contributed by atoms with van der Waals surface area (Å²) in [5.74, 6) is -1.06. The molecule has 1 amide bonds.